The van der Waals surface area contributed by atoms with Crippen molar-refractivity contribution in [3.05, 3.63) is 44.8 Å². The largest absolute Gasteiger partial charge is 0.310 e. The Labute approximate surface area is 127 Å². The van der Waals surface area contributed by atoms with Crippen molar-refractivity contribution in [2.75, 3.05) is 6.54 Å². The first-order chi connectivity index (χ1) is 8.74. The van der Waals surface area contributed by atoms with E-state index in [2.05, 4.69) is 78.2 Å². The number of benzene rings is 1. The molecule has 0 aliphatic rings. The highest BCUT2D eigenvalue weighted by atomic mass is 127. The van der Waals surface area contributed by atoms with Crippen LogP contribution in [-0.4, -0.2) is 6.54 Å². The number of rotatable bonds is 5. The molecular weight excluding hydrogens is 353 g/mol. The number of nitrogens with one attached hydrogen (secondary N) is 1. The number of thiophene rings is 1. The highest BCUT2D eigenvalue weighted by Crippen LogP contribution is 2.32. The second kappa shape index (κ2) is 6.68. The summed E-state index contributed by atoms with van der Waals surface area (Å²) in [6.45, 7) is 5.42. The summed E-state index contributed by atoms with van der Waals surface area (Å²) in [4.78, 5) is 2.80. The summed E-state index contributed by atoms with van der Waals surface area (Å²) in [6.07, 6.45) is 1.14. The van der Waals surface area contributed by atoms with Crippen LogP contribution in [0.25, 0.3) is 10.4 Å². The van der Waals surface area contributed by atoms with Gasteiger partial charge in [-0.1, -0.05) is 26.0 Å². The van der Waals surface area contributed by atoms with Crippen LogP contribution in [0.15, 0.2) is 36.4 Å². The molecule has 0 fully saturated rings. The summed E-state index contributed by atoms with van der Waals surface area (Å²) in [7, 11) is 0. The lowest BCUT2D eigenvalue weighted by Gasteiger charge is -2.13. The van der Waals surface area contributed by atoms with Gasteiger partial charge >= 0.3 is 0 Å². The minimum absolute atomic E-state index is 0.498. The maximum Gasteiger partial charge on any atom is 0.0412 e. The van der Waals surface area contributed by atoms with Crippen LogP contribution in [0.4, 0.5) is 0 Å². The Morgan fingerprint density at radius 3 is 2.44 bits per heavy atom. The van der Waals surface area contributed by atoms with Gasteiger partial charge in [-0.3, -0.25) is 0 Å². The maximum absolute atomic E-state index is 3.53. The summed E-state index contributed by atoms with van der Waals surface area (Å²) in [5.41, 5.74) is 1.32. The maximum atomic E-state index is 3.53. The van der Waals surface area contributed by atoms with Gasteiger partial charge in [-0.25, -0.2) is 0 Å². The molecule has 1 aromatic carbocycles. The Morgan fingerprint density at radius 1 is 1.11 bits per heavy atom. The lowest BCUT2D eigenvalue weighted by Crippen LogP contribution is -2.18. The molecule has 96 valence electrons. The fraction of sp³-hybridized carbons (Fsp3) is 0.333. The molecule has 18 heavy (non-hydrogen) atoms. The van der Waals surface area contributed by atoms with Gasteiger partial charge in [0.25, 0.3) is 0 Å². The van der Waals surface area contributed by atoms with Crippen LogP contribution in [0.2, 0.25) is 0 Å². The standard InChI is InChI=1S/C15H18INS/c1-3-13(17-4-2)15-10-9-14(18-15)11-5-7-12(16)8-6-11/h5-10,13,17H,3-4H2,1-2H3. The minimum Gasteiger partial charge on any atom is -0.310 e. The molecule has 3 heteroatoms. The molecule has 0 aliphatic carbocycles. The molecule has 0 spiro atoms. The fourth-order valence-corrected chi connectivity index (χ4v) is 3.53. The molecule has 0 amide bonds. The molecule has 1 N–H and O–H groups in total. The van der Waals surface area contributed by atoms with Crippen molar-refractivity contribution in [2.45, 2.75) is 26.3 Å². The second-order valence-electron chi connectivity index (χ2n) is 4.23. The molecule has 0 radical (unpaired) electrons. The summed E-state index contributed by atoms with van der Waals surface area (Å²) < 4.78 is 1.28. The molecule has 2 aromatic rings. The van der Waals surface area contributed by atoms with Crippen molar-refractivity contribution >= 4 is 33.9 Å². The second-order valence-corrected chi connectivity index (χ2v) is 6.59. The van der Waals surface area contributed by atoms with E-state index < -0.39 is 0 Å². The summed E-state index contributed by atoms with van der Waals surface area (Å²) >= 11 is 4.24. The van der Waals surface area contributed by atoms with Crippen LogP contribution in [0.3, 0.4) is 0 Å². The Balaban J connectivity index is 2.21. The zero-order chi connectivity index (χ0) is 13.0. The zero-order valence-corrected chi connectivity index (χ0v) is 13.7. The van der Waals surface area contributed by atoms with Crippen molar-refractivity contribution in [1.82, 2.24) is 5.32 Å². The predicted molar refractivity (Wildman–Crippen MR) is 89.2 cm³/mol. The Morgan fingerprint density at radius 2 is 1.83 bits per heavy atom. The Hall–Kier alpha value is -0.390. The SMILES string of the molecule is CCNC(CC)c1ccc(-c2ccc(I)cc2)s1. The monoisotopic (exact) mass is 371 g/mol. The summed E-state index contributed by atoms with van der Waals surface area (Å²) in [6, 6.07) is 13.7. The first-order valence-corrected chi connectivity index (χ1v) is 8.23. The van der Waals surface area contributed by atoms with Crippen molar-refractivity contribution in [3.63, 3.8) is 0 Å². The minimum atomic E-state index is 0.498. The van der Waals surface area contributed by atoms with Crippen LogP contribution in [0.1, 0.15) is 31.2 Å². The highest BCUT2D eigenvalue weighted by molar-refractivity contribution is 14.1. The third kappa shape index (κ3) is 3.33. The molecule has 0 saturated heterocycles. The molecule has 0 saturated carbocycles. The van der Waals surface area contributed by atoms with Crippen LogP contribution in [0, 0.1) is 3.57 Å². The average Bonchev–Trinajstić information content (AvgIpc) is 2.86. The molecule has 1 aromatic heterocycles. The van der Waals surface area contributed by atoms with Crippen molar-refractivity contribution < 1.29 is 0 Å². The molecular formula is C15H18INS. The van der Waals surface area contributed by atoms with Gasteiger partial charge in [-0.05, 0) is 65.4 Å². The van der Waals surface area contributed by atoms with Gasteiger partial charge in [0.15, 0.2) is 0 Å². The number of halogens is 1. The first-order valence-electron chi connectivity index (χ1n) is 6.33. The smallest absolute Gasteiger partial charge is 0.0412 e. The third-order valence-corrected chi connectivity index (χ3v) is 4.92. The van der Waals surface area contributed by atoms with Crippen LogP contribution in [-0.2, 0) is 0 Å². The molecule has 1 unspecified atom stereocenters. The lowest BCUT2D eigenvalue weighted by molar-refractivity contribution is 0.545. The Bertz CT molecular complexity index is 489. The van der Waals surface area contributed by atoms with E-state index >= 15 is 0 Å². The van der Waals surface area contributed by atoms with E-state index in [1.54, 1.807) is 0 Å². The molecule has 1 nitrogen and oxygen atoms in total. The molecule has 2 rings (SSSR count). The number of hydrogen-bond donors (Lipinski definition) is 1. The quantitative estimate of drug-likeness (QED) is 0.723. The van der Waals surface area contributed by atoms with Gasteiger partial charge in [0.1, 0.15) is 0 Å². The normalized spacial score (nSPS) is 12.6. The zero-order valence-electron chi connectivity index (χ0n) is 10.7. The topological polar surface area (TPSA) is 12.0 Å². The summed E-state index contributed by atoms with van der Waals surface area (Å²) in [5, 5.41) is 3.53. The van der Waals surface area contributed by atoms with Gasteiger partial charge in [-0.2, -0.15) is 0 Å². The van der Waals surface area contributed by atoms with E-state index in [-0.39, 0.29) is 0 Å². The number of hydrogen-bond acceptors (Lipinski definition) is 2. The van der Waals surface area contributed by atoms with Crippen LogP contribution in [0.5, 0.6) is 0 Å². The van der Waals surface area contributed by atoms with Crippen molar-refractivity contribution in [2.24, 2.45) is 0 Å². The molecule has 1 heterocycles. The first kappa shape index (κ1) is 14.0. The predicted octanol–water partition coefficient (Wildman–Crippen LogP) is 5.08. The Kier molecular flexibility index (Phi) is 5.21. The van der Waals surface area contributed by atoms with E-state index in [1.165, 1.54) is 18.9 Å². The van der Waals surface area contributed by atoms with E-state index in [0.29, 0.717) is 6.04 Å². The van der Waals surface area contributed by atoms with Crippen molar-refractivity contribution in [3.8, 4) is 10.4 Å². The van der Waals surface area contributed by atoms with Gasteiger partial charge in [-0.15, -0.1) is 11.3 Å². The fourth-order valence-electron chi connectivity index (χ4n) is 2.00. The van der Waals surface area contributed by atoms with E-state index in [1.807, 2.05) is 11.3 Å². The lowest BCUT2D eigenvalue weighted by atomic mass is 10.1. The van der Waals surface area contributed by atoms with Crippen molar-refractivity contribution in [1.29, 1.82) is 0 Å². The molecule has 1 atom stereocenters. The van der Waals surface area contributed by atoms with Gasteiger partial charge in [0, 0.05) is 19.4 Å². The van der Waals surface area contributed by atoms with Gasteiger partial charge < -0.3 is 5.32 Å². The van der Waals surface area contributed by atoms with Gasteiger partial charge in [0.05, 0.1) is 0 Å². The third-order valence-electron chi connectivity index (χ3n) is 2.96. The van der Waals surface area contributed by atoms with Crippen LogP contribution >= 0.6 is 33.9 Å². The average molecular weight is 371 g/mol. The van der Waals surface area contributed by atoms with Crippen LogP contribution < -0.4 is 5.32 Å². The highest BCUT2D eigenvalue weighted by Gasteiger charge is 2.11. The van der Waals surface area contributed by atoms with E-state index in [9.17, 15) is 0 Å². The summed E-state index contributed by atoms with van der Waals surface area (Å²) in [5.74, 6) is 0. The van der Waals surface area contributed by atoms with E-state index in [0.717, 1.165) is 13.0 Å². The molecule has 0 aliphatic heterocycles. The van der Waals surface area contributed by atoms with Gasteiger partial charge in [0.2, 0.25) is 0 Å². The molecule has 0 bridgehead atoms. The van der Waals surface area contributed by atoms with E-state index in [4.69, 9.17) is 0 Å².